The molecule has 0 aliphatic carbocycles. The lowest BCUT2D eigenvalue weighted by atomic mass is 9.95. The van der Waals surface area contributed by atoms with Crippen molar-refractivity contribution < 1.29 is 0 Å². The maximum Gasteiger partial charge on any atom is 0.158 e. The van der Waals surface area contributed by atoms with Crippen LogP contribution >= 0.6 is 0 Å². The molecule has 0 amide bonds. The quantitative estimate of drug-likeness (QED) is 0.521. The third-order valence-corrected chi connectivity index (χ3v) is 6.86. The molecule has 0 atom stereocenters. The summed E-state index contributed by atoms with van der Waals surface area (Å²) in [5, 5.41) is 7.80. The number of aryl methyl sites for hydroxylation is 1. The molecule has 4 aromatic rings. The summed E-state index contributed by atoms with van der Waals surface area (Å²) in [7, 11) is 2.06. The Morgan fingerprint density at radius 3 is 2.61 bits per heavy atom. The number of piperidine rings is 1. The van der Waals surface area contributed by atoms with Crippen LogP contribution in [0.5, 0.6) is 0 Å². The average Bonchev–Trinajstić information content (AvgIpc) is 3.40. The molecule has 0 saturated carbocycles. The van der Waals surface area contributed by atoms with Crippen molar-refractivity contribution in [2.24, 2.45) is 0 Å². The molecule has 7 heteroatoms. The molecule has 0 unspecified atom stereocenters. The number of H-pyrrole nitrogens is 1. The second kappa shape index (κ2) is 7.64. The minimum atomic E-state index is 0.340. The van der Waals surface area contributed by atoms with Gasteiger partial charge in [-0.15, -0.1) is 0 Å². The molecule has 0 radical (unpaired) electrons. The third-order valence-electron chi connectivity index (χ3n) is 6.86. The predicted molar refractivity (Wildman–Crippen MR) is 126 cm³/mol. The standard InChI is InChI=1S/C24H31N7/c1-14(2)21-22(18-12-31-24(26-13-27-31)16(4)15(18)3)28-19-6-7-20(29-23(19)21)30-10-8-17(25-5)9-11-30/h6-7,12-14,17,25,28H,8-11H2,1-5H3. The van der Waals surface area contributed by atoms with Gasteiger partial charge in [0.2, 0.25) is 0 Å². The molecular weight excluding hydrogens is 386 g/mol. The van der Waals surface area contributed by atoms with Crippen molar-refractivity contribution in [1.29, 1.82) is 0 Å². The third kappa shape index (κ3) is 3.28. The van der Waals surface area contributed by atoms with E-state index in [0.29, 0.717) is 12.0 Å². The first kappa shape index (κ1) is 20.0. The maximum atomic E-state index is 5.16. The van der Waals surface area contributed by atoms with Crippen molar-refractivity contribution in [3.05, 3.63) is 41.3 Å². The van der Waals surface area contributed by atoms with Gasteiger partial charge in [-0.2, -0.15) is 5.10 Å². The highest BCUT2D eigenvalue weighted by Gasteiger charge is 2.23. The molecular formula is C24H31N7. The van der Waals surface area contributed by atoms with E-state index in [9.17, 15) is 0 Å². The average molecular weight is 418 g/mol. The van der Waals surface area contributed by atoms with Crippen LogP contribution < -0.4 is 10.2 Å². The molecule has 0 spiro atoms. The van der Waals surface area contributed by atoms with Gasteiger partial charge in [0.1, 0.15) is 12.1 Å². The van der Waals surface area contributed by atoms with Crippen LogP contribution in [0.2, 0.25) is 0 Å². The van der Waals surface area contributed by atoms with Crippen molar-refractivity contribution in [3.63, 3.8) is 0 Å². The Morgan fingerprint density at radius 2 is 1.90 bits per heavy atom. The number of nitrogens with zero attached hydrogens (tertiary/aromatic N) is 5. The van der Waals surface area contributed by atoms with Gasteiger partial charge in [-0.1, -0.05) is 13.8 Å². The van der Waals surface area contributed by atoms with Crippen molar-refractivity contribution in [3.8, 4) is 11.3 Å². The molecule has 7 nitrogen and oxygen atoms in total. The highest BCUT2D eigenvalue weighted by atomic mass is 15.3. The summed E-state index contributed by atoms with van der Waals surface area (Å²) in [5.74, 6) is 1.42. The van der Waals surface area contributed by atoms with Crippen molar-refractivity contribution in [2.45, 2.75) is 52.5 Å². The molecule has 4 aromatic heterocycles. The first-order chi connectivity index (χ1) is 15.0. The van der Waals surface area contributed by atoms with E-state index in [1.807, 2.05) is 4.52 Å². The van der Waals surface area contributed by atoms with E-state index in [1.54, 1.807) is 6.33 Å². The second-order valence-corrected chi connectivity index (χ2v) is 9.00. The number of fused-ring (bicyclic) bond motifs is 2. The van der Waals surface area contributed by atoms with Gasteiger partial charge in [0.15, 0.2) is 5.65 Å². The van der Waals surface area contributed by atoms with E-state index in [2.05, 4.69) is 78.4 Å². The monoisotopic (exact) mass is 417 g/mol. The van der Waals surface area contributed by atoms with E-state index < -0.39 is 0 Å². The topological polar surface area (TPSA) is 74.1 Å². The summed E-state index contributed by atoms with van der Waals surface area (Å²) in [6.07, 6.45) is 6.01. The van der Waals surface area contributed by atoms with E-state index >= 15 is 0 Å². The summed E-state index contributed by atoms with van der Waals surface area (Å²) in [5.41, 5.74) is 9.03. The molecule has 1 aliphatic rings. The Balaban J connectivity index is 1.63. The highest BCUT2D eigenvalue weighted by molar-refractivity contribution is 5.90. The van der Waals surface area contributed by atoms with Gasteiger partial charge >= 0.3 is 0 Å². The zero-order chi connectivity index (χ0) is 21.7. The highest BCUT2D eigenvalue weighted by Crippen LogP contribution is 2.38. The molecule has 0 bridgehead atoms. The summed E-state index contributed by atoms with van der Waals surface area (Å²) < 4.78 is 1.87. The molecule has 2 N–H and O–H groups in total. The van der Waals surface area contributed by atoms with Crippen LogP contribution in [0.4, 0.5) is 5.82 Å². The first-order valence-electron chi connectivity index (χ1n) is 11.2. The molecule has 31 heavy (non-hydrogen) atoms. The molecule has 5 rings (SSSR count). The van der Waals surface area contributed by atoms with Crippen LogP contribution in [0.3, 0.4) is 0 Å². The fraction of sp³-hybridized carbons (Fsp3) is 0.458. The fourth-order valence-corrected chi connectivity index (χ4v) is 4.88. The smallest absolute Gasteiger partial charge is 0.158 e. The summed E-state index contributed by atoms with van der Waals surface area (Å²) in [6.45, 7) is 10.9. The Kier molecular flexibility index (Phi) is 4.93. The molecule has 0 aromatic carbocycles. The van der Waals surface area contributed by atoms with Gasteiger partial charge in [0.05, 0.1) is 16.7 Å². The van der Waals surface area contributed by atoms with E-state index in [1.165, 1.54) is 11.1 Å². The van der Waals surface area contributed by atoms with Gasteiger partial charge < -0.3 is 15.2 Å². The second-order valence-electron chi connectivity index (χ2n) is 9.00. The van der Waals surface area contributed by atoms with Gasteiger partial charge in [0.25, 0.3) is 0 Å². The summed E-state index contributed by atoms with van der Waals surface area (Å²) in [4.78, 5) is 15.7. The largest absolute Gasteiger partial charge is 0.356 e. The molecule has 1 fully saturated rings. The van der Waals surface area contributed by atoms with E-state index in [4.69, 9.17) is 4.98 Å². The van der Waals surface area contributed by atoms with Crippen LogP contribution in [0.25, 0.3) is 27.9 Å². The number of anilines is 1. The first-order valence-corrected chi connectivity index (χ1v) is 11.2. The van der Waals surface area contributed by atoms with Crippen molar-refractivity contribution in [2.75, 3.05) is 25.0 Å². The number of pyridine rings is 2. The lowest BCUT2D eigenvalue weighted by molar-refractivity contribution is 0.441. The van der Waals surface area contributed by atoms with Crippen molar-refractivity contribution >= 4 is 22.5 Å². The predicted octanol–water partition coefficient (Wildman–Crippen LogP) is 4.20. The number of hydrogen-bond acceptors (Lipinski definition) is 5. The molecule has 1 saturated heterocycles. The van der Waals surface area contributed by atoms with Gasteiger partial charge in [-0.05, 0) is 62.9 Å². The lowest BCUT2D eigenvalue weighted by Gasteiger charge is -2.32. The number of aromatic nitrogens is 5. The van der Waals surface area contributed by atoms with Crippen LogP contribution in [0.1, 0.15) is 49.3 Å². The van der Waals surface area contributed by atoms with Crippen molar-refractivity contribution in [1.82, 2.24) is 29.9 Å². The molecule has 5 heterocycles. The van der Waals surface area contributed by atoms with Crippen LogP contribution in [-0.2, 0) is 0 Å². The van der Waals surface area contributed by atoms with Gasteiger partial charge in [0, 0.05) is 36.5 Å². The van der Waals surface area contributed by atoms with Crippen LogP contribution in [-0.4, -0.2) is 50.7 Å². The number of aromatic amines is 1. The zero-order valence-corrected chi connectivity index (χ0v) is 19.0. The molecule has 162 valence electrons. The Morgan fingerprint density at radius 1 is 1.13 bits per heavy atom. The Hall–Kier alpha value is -2.93. The van der Waals surface area contributed by atoms with Gasteiger partial charge in [-0.25, -0.2) is 14.5 Å². The summed E-state index contributed by atoms with van der Waals surface area (Å²) >= 11 is 0. The zero-order valence-electron chi connectivity index (χ0n) is 19.0. The Bertz CT molecular complexity index is 1240. The van der Waals surface area contributed by atoms with E-state index in [0.717, 1.165) is 65.3 Å². The van der Waals surface area contributed by atoms with Crippen LogP contribution in [0.15, 0.2) is 24.7 Å². The number of nitrogens with one attached hydrogen (secondary N) is 2. The minimum absolute atomic E-state index is 0.340. The lowest BCUT2D eigenvalue weighted by Crippen LogP contribution is -2.41. The normalized spacial score (nSPS) is 15.6. The maximum absolute atomic E-state index is 5.16. The summed E-state index contributed by atoms with van der Waals surface area (Å²) in [6, 6.07) is 4.96. The van der Waals surface area contributed by atoms with E-state index in [-0.39, 0.29) is 0 Å². The SMILES string of the molecule is CNC1CCN(c2ccc3[nH]c(-c4cn5ncnc5c(C)c4C)c(C(C)C)c3n2)CC1. The number of hydrogen-bond donors (Lipinski definition) is 2. The molecule has 1 aliphatic heterocycles. The van der Waals surface area contributed by atoms with Crippen LogP contribution in [0, 0.1) is 13.8 Å². The minimum Gasteiger partial charge on any atom is -0.356 e. The van der Waals surface area contributed by atoms with Gasteiger partial charge in [-0.3, -0.25) is 0 Å². The Labute approximate surface area is 182 Å². The number of rotatable bonds is 4. The fourth-order valence-electron chi connectivity index (χ4n) is 4.88.